The predicted octanol–water partition coefficient (Wildman–Crippen LogP) is 3.67. The van der Waals surface area contributed by atoms with Crippen molar-refractivity contribution in [3.63, 3.8) is 0 Å². The average molecular weight is 420 g/mol. The Hall–Kier alpha value is -1.13. The molecule has 1 fully saturated rings. The van der Waals surface area contributed by atoms with Gasteiger partial charge in [0, 0.05) is 0 Å². The quantitative estimate of drug-likeness (QED) is 0.322. The lowest BCUT2D eigenvalue weighted by Crippen LogP contribution is -2.66. The molecule has 0 amide bonds. The van der Waals surface area contributed by atoms with Crippen LogP contribution in [0.15, 0.2) is 30.3 Å². The Morgan fingerprint density at radius 3 is 2.08 bits per heavy atom. The number of nitrogens with zero attached hydrogens (tertiary/aromatic N) is 1. The van der Waals surface area contributed by atoms with Crippen molar-refractivity contribution in [2.24, 2.45) is 0 Å². The molecule has 1 saturated heterocycles. The highest BCUT2D eigenvalue weighted by Gasteiger charge is 2.80. The van der Waals surface area contributed by atoms with Crippen molar-refractivity contribution in [3.05, 3.63) is 35.9 Å². The van der Waals surface area contributed by atoms with Crippen molar-refractivity contribution in [2.45, 2.75) is 36.6 Å². The molecule has 1 aromatic carbocycles. The molecular formula is C14H12BrF6NO2. The molecule has 2 rings (SSSR count). The molecule has 2 unspecified atom stereocenters. The van der Waals surface area contributed by atoms with Gasteiger partial charge in [-0.15, -0.1) is 0 Å². The van der Waals surface area contributed by atoms with E-state index in [9.17, 15) is 31.1 Å². The molecule has 0 spiro atoms. The number of ether oxygens (including phenoxy) is 1. The Morgan fingerprint density at radius 2 is 1.67 bits per heavy atom. The van der Waals surface area contributed by atoms with E-state index in [4.69, 9.17) is 0 Å². The van der Waals surface area contributed by atoms with E-state index in [1.165, 1.54) is 0 Å². The molecule has 2 atom stereocenters. The first-order chi connectivity index (χ1) is 11.1. The van der Waals surface area contributed by atoms with Gasteiger partial charge in [0.15, 0.2) is 6.29 Å². The lowest BCUT2D eigenvalue weighted by atomic mass is 10.0. The van der Waals surface area contributed by atoms with Gasteiger partial charge in [0.05, 0.1) is 11.5 Å². The van der Waals surface area contributed by atoms with Crippen molar-refractivity contribution >= 4 is 22.2 Å². The summed E-state index contributed by atoms with van der Waals surface area (Å²) in [5.41, 5.74) is -4.81. The van der Waals surface area contributed by atoms with Gasteiger partial charge >= 0.3 is 18.1 Å². The Morgan fingerprint density at radius 1 is 1.12 bits per heavy atom. The van der Waals surface area contributed by atoms with Crippen LogP contribution in [0.3, 0.4) is 0 Å². The number of hydrogen-bond donors (Lipinski definition) is 0. The Bertz CT molecular complexity index is 563. The van der Waals surface area contributed by atoms with Gasteiger partial charge in [0.1, 0.15) is 6.10 Å². The van der Waals surface area contributed by atoms with Gasteiger partial charge in [-0.1, -0.05) is 46.3 Å². The monoisotopic (exact) mass is 419 g/mol. The van der Waals surface area contributed by atoms with Crippen LogP contribution in [0.2, 0.25) is 0 Å². The van der Waals surface area contributed by atoms with Crippen LogP contribution in [-0.4, -0.2) is 46.9 Å². The summed E-state index contributed by atoms with van der Waals surface area (Å²) in [6.45, 7) is 0. The molecule has 0 saturated carbocycles. The highest BCUT2D eigenvalue weighted by Crippen LogP contribution is 2.53. The smallest absolute Gasteiger partial charge is 0.332 e. The average Bonchev–Trinajstić information content (AvgIpc) is 2.82. The summed E-state index contributed by atoms with van der Waals surface area (Å²) in [6.07, 6.45) is -13.6. The maximum Gasteiger partial charge on any atom is 0.441 e. The normalized spacial score (nSPS) is 25.0. The van der Waals surface area contributed by atoms with Gasteiger partial charge in [0.2, 0.25) is 0 Å². The van der Waals surface area contributed by atoms with Crippen LogP contribution >= 0.6 is 15.9 Å². The zero-order chi connectivity index (χ0) is 18.2. The summed E-state index contributed by atoms with van der Waals surface area (Å²) in [6, 6.07) is 6.53. The van der Waals surface area contributed by atoms with E-state index in [0.717, 1.165) is 0 Å². The Balaban J connectivity index is 2.50. The first-order valence-corrected chi connectivity index (χ1v) is 7.84. The first kappa shape index (κ1) is 19.2. The van der Waals surface area contributed by atoms with Gasteiger partial charge in [-0.3, -0.25) is 0 Å². The van der Waals surface area contributed by atoms with Crippen LogP contribution < -0.4 is 0 Å². The molecule has 1 aromatic rings. The second kappa shape index (κ2) is 6.64. The van der Waals surface area contributed by atoms with Gasteiger partial charge in [0.25, 0.3) is 0 Å². The van der Waals surface area contributed by atoms with Crippen LogP contribution in [0.5, 0.6) is 0 Å². The fourth-order valence-corrected chi connectivity index (χ4v) is 3.47. The van der Waals surface area contributed by atoms with Gasteiger partial charge in [-0.2, -0.15) is 26.3 Å². The maximum atomic E-state index is 13.3. The second-order valence-electron chi connectivity index (χ2n) is 5.20. The van der Waals surface area contributed by atoms with Crippen molar-refractivity contribution in [2.75, 3.05) is 5.45 Å². The van der Waals surface area contributed by atoms with E-state index in [1.807, 2.05) is 0 Å². The minimum absolute atomic E-state index is 0.0253. The molecule has 1 aliphatic heterocycles. The first-order valence-electron chi connectivity index (χ1n) is 6.71. The lowest BCUT2D eigenvalue weighted by molar-refractivity contribution is -0.407. The molecule has 3 nitrogen and oxygen atoms in total. The van der Waals surface area contributed by atoms with Crippen molar-refractivity contribution in [1.29, 1.82) is 0 Å². The number of aldehydes is 1. The summed E-state index contributed by atoms with van der Waals surface area (Å²) < 4.78 is 84.4. The number of hydrogen-bond acceptors (Lipinski definition) is 3. The van der Waals surface area contributed by atoms with Crippen LogP contribution in [0.4, 0.5) is 26.3 Å². The van der Waals surface area contributed by atoms with Crippen molar-refractivity contribution in [1.82, 2.24) is 4.90 Å². The van der Waals surface area contributed by atoms with Crippen LogP contribution in [-0.2, 0) is 16.0 Å². The number of rotatable bonds is 4. The highest BCUT2D eigenvalue weighted by molar-refractivity contribution is 9.09. The van der Waals surface area contributed by atoms with Crippen molar-refractivity contribution in [3.8, 4) is 0 Å². The number of carbonyl (C=O) groups is 1. The van der Waals surface area contributed by atoms with Gasteiger partial charge < -0.3 is 9.53 Å². The zero-order valence-electron chi connectivity index (χ0n) is 11.9. The van der Waals surface area contributed by atoms with Gasteiger partial charge in [-0.05, 0) is 12.0 Å². The fraction of sp³-hybridized carbons (Fsp3) is 0.500. The number of carbonyl (C=O) groups excluding carboxylic acids is 1. The topological polar surface area (TPSA) is 29.5 Å². The SMILES string of the molecule is O=CC1OC(C(F)(F)F)(C(F)(F)F)N(CBr)C1Cc1ccccc1. The van der Waals surface area contributed by atoms with E-state index < -0.39 is 35.7 Å². The third-order valence-electron chi connectivity index (χ3n) is 3.81. The third kappa shape index (κ3) is 3.06. The summed E-state index contributed by atoms with van der Waals surface area (Å²) >= 11 is 2.68. The molecule has 134 valence electrons. The molecule has 24 heavy (non-hydrogen) atoms. The minimum Gasteiger partial charge on any atom is -0.332 e. The van der Waals surface area contributed by atoms with E-state index >= 15 is 0 Å². The zero-order valence-corrected chi connectivity index (χ0v) is 13.5. The maximum absolute atomic E-state index is 13.3. The fourth-order valence-electron chi connectivity index (χ4n) is 2.75. The predicted molar refractivity (Wildman–Crippen MR) is 75.3 cm³/mol. The van der Waals surface area contributed by atoms with Gasteiger partial charge in [-0.25, -0.2) is 4.90 Å². The van der Waals surface area contributed by atoms with E-state index in [-0.39, 0.29) is 17.6 Å². The van der Waals surface area contributed by atoms with Crippen LogP contribution in [0.25, 0.3) is 0 Å². The molecule has 0 aliphatic carbocycles. The third-order valence-corrected chi connectivity index (χ3v) is 4.35. The highest BCUT2D eigenvalue weighted by atomic mass is 79.9. The largest absolute Gasteiger partial charge is 0.441 e. The molecule has 0 radical (unpaired) electrons. The molecule has 0 aromatic heterocycles. The Kier molecular flexibility index (Phi) is 5.31. The minimum atomic E-state index is -5.77. The van der Waals surface area contributed by atoms with E-state index in [2.05, 4.69) is 20.7 Å². The number of benzene rings is 1. The molecule has 1 heterocycles. The number of halogens is 7. The molecule has 0 N–H and O–H groups in total. The second-order valence-corrected chi connectivity index (χ2v) is 5.71. The van der Waals surface area contributed by atoms with E-state index in [1.54, 1.807) is 30.3 Å². The lowest BCUT2D eigenvalue weighted by Gasteiger charge is -2.39. The summed E-state index contributed by atoms with van der Waals surface area (Å²) in [4.78, 5) is 11.2. The van der Waals surface area contributed by atoms with E-state index in [0.29, 0.717) is 5.56 Å². The van der Waals surface area contributed by atoms with Crippen LogP contribution in [0, 0.1) is 0 Å². The molecular weight excluding hydrogens is 408 g/mol. The van der Waals surface area contributed by atoms with Crippen LogP contribution in [0.1, 0.15) is 5.56 Å². The number of alkyl halides is 7. The molecule has 0 bridgehead atoms. The standard InChI is InChI=1S/C14H12BrF6NO2/c15-8-22-10(6-9-4-2-1-3-5-9)11(7-23)24-12(22,13(16,17)18)14(19,20)21/h1-5,7,10-11H,6,8H2. The molecule has 10 heteroatoms. The Labute approximate surface area is 141 Å². The summed E-state index contributed by atoms with van der Waals surface area (Å²) in [5, 5.41) is 0. The molecule has 1 aliphatic rings. The van der Waals surface area contributed by atoms with Crippen molar-refractivity contribution < 1.29 is 35.9 Å². The summed E-state index contributed by atoms with van der Waals surface area (Å²) in [5.74, 6) is 0. The summed E-state index contributed by atoms with van der Waals surface area (Å²) in [7, 11) is 0.